The van der Waals surface area contributed by atoms with Crippen LogP contribution in [-0.2, 0) is 9.53 Å². The van der Waals surface area contributed by atoms with Gasteiger partial charge < -0.3 is 20.7 Å². The van der Waals surface area contributed by atoms with Gasteiger partial charge in [-0.2, -0.15) is 0 Å². The normalized spacial score (nSPS) is 24.7. The smallest absolute Gasteiger partial charge is 0.407 e. The topological polar surface area (TPSA) is 84.7 Å². The number of amides is 1. The zero-order valence-corrected chi connectivity index (χ0v) is 13.6. The minimum absolute atomic E-state index is 0.160. The first-order valence-corrected chi connectivity index (χ1v) is 7.54. The lowest BCUT2D eigenvalue weighted by Crippen LogP contribution is -2.42. The van der Waals surface area contributed by atoms with Crippen LogP contribution < -0.4 is 11.1 Å². The summed E-state index contributed by atoms with van der Waals surface area (Å²) in [4.78, 5) is 24.4. The molecule has 1 aliphatic carbocycles. The van der Waals surface area contributed by atoms with Crippen molar-refractivity contribution in [3.63, 3.8) is 0 Å². The molecule has 2 atom stereocenters. The maximum Gasteiger partial charge on any atom is 0.407 e. The highest BCUT2D eigenvalue weighted by atomic mass is 19.1. The predicted molar refractivity (Wildman–Crippen MR) is 83.8 cm³/mol. The van der Waals surface area contributed by atoms with E-state index in [0.717, 1.165) is 0 Å². The zero-order chi connectivity index (χ0) is 17.2. The van der Waals surface area contributed by atoms with E-state index < -0.39 is 23.6 Å². The second kappa shape index (κ2) is 6.56. The largest absolute Gasteiger partial charge is 0.444 e. The Bertz CT molecular complexity index is 600. The molecule has 1 heterocycles. The van der Waals surface area contributed by atoms with E-state index in [1.807, 2.05) is 0 Å². The quantitative estimate of drug-likeness (QED) is 0.751. The fourth-order valence-corrected chi connectivity index (χ4v) is 2.66. The van der Waals surface area contributed by atoms with Crippen molar-refractivity contribution in [3.8, 4) is 0 Å². The molecular formula is C16H22FN3O3. The molecule has 2 aliphatic rings. The third kappa shape index (κ3) is 4.21. The van der Waals surface area contributed by atoms with Gasteiger partial charge in [0.2, 0.25) is 0 Å². The predicted octanol–water partition coefficient (Wildman–Crippen LogP) is 1.42. The van der Waals surface area contributed by atoms with Crippen LogP contribution in [-0.4, -0.2) is 47.7 Å². The van der Waals surface area contributed by atoms with Crippen molar-refractivity contribution < 1.29 is 18.7 Å². The summed E-state index contributed by atoms with van der Waals surface area (Å²) in [7, 11) is 0. The highest BCUT2D eigenvalue weighted by molar-refractivity contribution is 5.68. The summed E-state index contributed by atoms with van der Waals surface area (Å²) in [5.41, 5.74) is 5.84. The van der Waals surface area contributed by atoms with E-state index in [0.29, 0.717) is 19.5 Å². The number of ether oxygens (including phenoxy) is 1. The van der Waals surface area contributed by atoms with Crippen LogP contribution in [0, 0.1) is 0 Å². The SMILES string of the molecule is CC(C)(C)OC(=O)N[C@@H]1CCN(C2=C(F)C=CC(=C=O)C2N)C1. The molecule has 0 aromatic carbocycles. The lowest BCUT2D eigenvalue weighted by atomic mass is 9.99. The molecule has 6 nitrogen and oxygen atoms in total. The van der Waals surface area contributed by atoms with Gasteiger partial charge in [0.15, 0.2) is 0 Å². The lowest BCUT2D eigenvalue weighted by Gasteiger charge is -2.29. The summed E-state index contributed by atoms with van der Waals surface area (Å²) >= 11 is 0. The van der Waals surface area contributed by atoms with Crippen molar-refractivity contribution in [3.05, 3.63) is 29.2 Å². The lowest BCUT2D eigenvalue weighted by molar-refractivity contribution is 0.0506. The minimum Gasteiger partial charge on any atom is -0.444 e. The van der Waals surface area contributed by atoms with Gasteiger partial charge in [-0.1, -0.05) is 0 Å². The summed E-state index contributed by atoms with van der Waals surface area (Å²) in [5, 5.41) is 2.77. The molecule has 23 heavy (non-hydrogen) atoms. The van der Waals surface area contributed by atoms with Crippen LogP contribution in [0.2, 0.25) is 0 Å². The van der Waals surface area contributed by atoms with E-state index in [1.165, 1.54) is 12.2 Å². The first kappa shape index (κ1) is 17.2. The molecule has 1 fully saturated rings. The number of likely N-dealkylation sites (tertiary alicyclic amines) is 1. The summed E-state index contributed by atoms with van der Waals surface area (Å²) in [6.45, 7) is 6.31. The van der Waals surface area contributed by atoms with E-state index in [1.54, 1.807) is 31.6 Å². The van der Waals surface area contributed by atoms with Crippen molar-refractivity contribution in [1.82, 2.24) is 10.2 Å². The molecule has 0 aromatic rings. The van der Waals surface area contributed by atoms with Crippen LogP contribution in [0.4, 0.5) is 9.18 Å². The van der Waals surface area contributed by atoms with Crippen molar-refractivity contribution in [2.24, 2.45) is 5.73 Å². The van der Waals surface area contributed by atoms with Gasteiger partial charge in [0.1, 0.15) is 17.4 Å². The van der Waals surface area contributed by atoms with Crippen LogP contribution in [0.5, 0.6) is 0 Å². The van der Waals surface area contributed by atoms with Gasteiger partial charge in [-0.3, -0.25) is 0 Å². The number of rotatable bonds is 2. The second-order valence-electron chi connectivity index (χ2n) is 6.68. The zero-order valence-electron chi connectivity index (χ0n) is 13.6. The first-order valence-electron chi connectivity index (χ1n) is 7.54. The number of nitrogens with zero attached hydrogens (tertiary/aromatic N) is 1. The van der Waals surface area contributed by atoms with E-state index >= 15 is 0 Å². The van der Waals surface area contributed by atoms with Crippen molar-refractivity contribution in [2.45, 2.75) is 44.9 Å². The van der Waals surface area contributed by atoms with Gasteiger partial charge in [-0.15, -0.1) is 0 Å². The fourth-order valence-electron chi connectivity index (χ4n) is 2.66. The maximum atomic E-state index is 14.1. The van der Waals surface area contributed by atoms with E-state index in [2.05, 4.69) is 5.32 Å². The van der Waals surface area contributed by atoms with Crippen molar-refractivity contribution in [1.29, 1.82) is 0 Å². The highest BCUT2D eigenvalue weighted by Gasteiger charge is 2.33. The van der Waals surface area contributed by atoms with Crippen LogP contribution in [0.3, 0.4) is 0 Å². The number of alkyl carbamates (subject to hydrolysis) is 1. The molecule has 0 bridgehead atoms. The summed E-state index contributed by atoms with van der Waals surface area (Å²) in [5.74, 6) is 1.27. The molecule has 0 saturated carbocycles. The number of nitrogens with one attached hydrogen (secondary N) is 1. The summed E-state index contributed by atoms with van der Waals surface area (Å²) in [6, 6.07) is -0.996. The fraction of sp³-hybridized carbons (Fsp3) is 0.562. The van der Waals surface area contributed by atoms with E-state index in [-0.39, 0.29) is 17.3 Å². The number of nitrogens with two attached hydrogens (primary N) is 1. The van der Waals surface area contributed by atoms with Gasteiger partial charge in [0.05, 0.1) is 23.4 Å². The van der Waals surface area contributed by atoms with E-state index in [4.69, 9.17) is 10.5 Å². The molecule has 1 unspecified atom stereocenters. The Balaban J connectivity index is 2.01. The van der Waals surface area contributed by atoms with Gasteiger partial charge in [-0.25, -0.2) is 14.0 Å². The van der Waals surface area contributed by atoms with Crippen LogP contribution in [0.25, 0.3) is 0 Å². The second-order valence-corrected chi connectivity index (χ2v) is 6.68. The Kier molecular flexibility index (Phi) is 4.92. The highest BCUT2D eigenvalue weighted by Crippen LogP contribution is 2.28. The molecule has 0 spiro atoms. The standard InChI is InChI=1S/C16H22FN3O3/c1-16(2,3)23-15(22)19-11-6-7-20(8-11)14-12(17)5-4-10(9-21)13(14)18/h4-5,11,13H,6-8,18H2,1-3H3,(H,19,22)/t11-,13?/m1/s1. The number of hydrogen-bond acceptors (Lipinski definition) is 5. The van der Waals surface area contributed by atoms with Crippen LogP contribution >= 0.6 is 0 Å². The molecule has 3 N–H and O–H groups in total. The Morgan fingerprint density at radius 1 is 1.48 bits per heavy atom. The molecule has 2 rings (SSSR count). The summed E-state index contributed by atoms with van der Waals surface area (Å²) < 4.78 is 19.3. The molecule has 1 amide bonds. The van der Waals surface area contributed by atoms with Crippen molar-refractivity contribution >= 4 is 12.0 Å². The number of hydrogen-bond donors (Lipinski definition) is 2. The molecule has 0 radical (unpaired) electrons. The number of carbonyl (C=O) groups is 1. The molecule has 0 aromatic heterocycles. The maximum absolute atomic E-state index is 14.1. The van der Waals surface area contributed by atoms with Gasteiger partial charge in [-0.05, 0) is 39.3 Å². The van der Waals surface area contributed by atoms with Gasteiger partial charge in [0, 0.05) is 13.1 Å². The van der Waals surface area contributed by atoms with Crippen LogP contribution in [0.15, 0.2) is 29.2 Å². The molecular weight excluding hydrogens is 301 g/mol. The van der Waals surface area contributed by atoms with Crippen molar-refractivity contribution in [2.75, 3.05) is 13.1 Å². The first-order chi connectivity index (χ1) is 10.7. The number of halogens is 1. The Labute approximate surface area is 134 Å². The monoisotopic (exact) mass is 323 g/mol. The summed E-state index contributed by atoms with van der Waals surface area (Å²) in [6.07, 6.45) is 2.70. The third-order valence-electron chi connectivity index (χ3n) is 3.65. The number of carbonyl (C=O) groups excluding carboxylic acids is 2. The van der Waals surface area contributed by atoms with Gasteiger partial charge >= 0.3 is 6.09 Å². The Morgan fingerprint density at radius 3 is 2.78 bits per heavy atom. The molecule has 1 aliphatic heterocycles. The number of allylic oxidation sites excluding steroid dienone is 2. The van der Waals surface area contributed by atoms with Gasteiger partial charge in [0.25, 0.3) is 0 Å². The Morgan fingerprint density at radius 2 is 2.17 bits per heavy atom. The molecule has 1 saturated heterocycles. The third-order valence-corrected chi connectivity index (χ3v) is 3.65. The molecule has 126 valence electrons. The van der Waals surface area contributed by atoms with E-state index in [9.17, 15) is 14.0 Å². The minimum atomic E-state index is -0.835. The Hall–Kier alpha value is -2.11. The molecule has 7 heteroatoms. The van der Waals surface area contributed by atoms with Crippen LogP contribution in [0.1, 0.15) is 27.2 Å². The average molecular weight is 323 g/mol. The average Bonchev–Trinajstić information content (AvgIpc) is 2.85.